The average Bonchev–Trinajstić information content (AvgIpc) is 3.23. The van der Waals surface area contributed by atoms with E-state index < -0.39 is 0 Å². The standard InChI is InChI=1S/C28H30N2O5/c1-18-10-25-24(21-8-9-30-23(13-21)15-29)11-20(12-27(25)34-18)17-33-26-7-5-4-6-22(26)14-28(31)35-19(2)16-32-3/h4-13,19H,14-17,29H2,1-3H3. The molecule has 35 heavy (non-hydrogen) atoms. The van der Waals surface area contributed by atoms with Crippen molar-refractivity contribution < 1.29 is 23.4 Å². The Labute approximate surface area is 204 Å². The lowest BCUT2D eigenvalue weighted by Crippen LogP contribution is -2.21. The van der Waals surface area contributed by atoms with Crippen LogP contribution in [0.4, 0.5) is 0 Å². The molecular weight excluding hydrogens is 444 g/mol. The SMILES string of the molecule is COCC(C)OC(=O)Cc1ccccc1OCc1cc(-c2ccnc(CN)c2)c2cc(C)oc2c1. The van der Waals surface area contributed by atoms with Gasteiger partial charge in [-0.05, 0) is 66.9 Å². The van der Waals surface area contributed by atoms with Crippen LogP contribution < -0.4 is 10.5 Å². The van der Waals surface area contributed by atoms with Crippen molar-refractivity contribution in [2.45, 2.75) is 39.5 Å². The summed E-state index contributed by atoms with van der Waals surface area (Å²) in [4.78, 5) is 16.7. The Morgan fingerprint density at radius 3 is 2.77 bits per heavy atom. The summed E-state index contributed by atoms with van der Waals surface area (Å²) in [6.07, 6.45) is 1.57. The summed E-state index contributed by atoms with van der Waals surface area (Å²) >= 11 is 0. The number of carbonyl (C=O) groups is 1. The molecule has 182 valence electrons. The van der Waals surface area contributed by atoms with Gasteiger partial charge in [-0.1, -0.05) is 18.2 Å². The Bertz CT molecular complexity index is 1310. The van der Waals surface area contributed by atoms with Gasteiger partial charge in [0.1, 0.15) is 29.8 Å². The molecule has 0 radical (unpaired) electrons. The third kappa shape index (κ3) is 6.07. The minimum absolute atomic E-state index is 0.116. The second-order valence-electron chi connectivity index (χ2n) is 8.48. The number of pyridine rings is 1. The van der Waals surface area contributed by atoms with Crippen molar-refractivity contribution in [2.75, 3.05) is 13.7 Å². The number of esters is 1. The number of ether oxygens (including phenoxy) is 3. The first-order valence-corrected chi connectivity index (χ1v) is 11.5. The molecule has 0 aliphatic carbocycles. The molecule has 0 saturated carbocycles. The fourth-order valence-corrected chi connectivity index (χ4v) is 4.04. The first-order chi connectivity index (χ1) is 17.0. The monoisotopic (exact) mass is 474 g/mol. The van der Waals surface area contributed by atoms with Gasteiger partial charge in [0.15, 0.2) is 0 Å². The average molecular weight is 475 g/mol. The van der Waals surface area contributed by atoms with Crippen molar-refractivity contribution in [1.29, 1.82) is 0 Å². The molecule has 2 heterocycles. The minimum atomic E-state index is -0.325. The third-order valence-electron chi connectivity index (χ3n) is 5.59. The van der Waals surface area contributed by atoms with Gasteiger partial charge in [-0.15, -0.1) is 0 Å². The maximum absolute atomic E-state index is 12.4. The number of fused-ring (bicyclic) bond motifs is 1. The predicted octanol–water partition coefficient (Wildman–Crippen LogP) is 4.96. The van der Waals surface area contributed by atoms with Gasteiger partial charge in [0.2, 0.25) is 0 Å². The second kappa shape index (κ2) is 11.2. The van der Waals surface area contributed by atoms with Crippen molar-refractivity contribution >= 4 is 16.9 Å². The first kappa shape index (κ1) is 24.4. The van der Waals surface area contributed by atoms with Crippen molar-refractivity contribution in [3.05, 3.63) is 83.4 Å². The number of carbonyl (C=O) groups excluding carboxylic acids is 1. The zero-order valence-corrected chi connectivity index (χ0v) is 20.2. The molecule has 1 atom stereocenters. The van der Waals surface area contributed by atoms with Gasteiger partial charge < -0.3 is 24.4 Å². The summed E-state index contributed by atoms with van der Waals surface area (Å²) in [6.45, 7) is 4.76. The van der Waals surface area contributed by atoms with Crippen molar-refractivity contribution in [2.24, 2.45) is 5.73 Å². The lowest BCUT2D eigenvalue weighted by atomic mass is 9.99. The van der Waals surface area contributed by atoms with Gasteiger partial charge in [-0.25, -0.2) is 0 Å². The number of aryl methyl sites for hydroxylation is 1. The zero-order chi connectivity index (χ0) is 24.8. The third-order valence-corrected chi connectivity index (χ3v) is 5.59. The summed E-state index contributed by atoms with van der Waals surface area (Å²) in [5.74, 6) is 1.14. The lowest BCUT2D eigenvalue weighted by molar-refractivity contribution is -0.149. The highest BCUT2D eigenvalue weighted by Crippen LogP contribution is 2.33. The molecule has 7 heteroatoms. The van der Waals surface area contributed by atoms with Gasteiger partial charge in [0.25, 0.3) is 0 Å². The van der Waals surface area contributed by atoms with Crippen molar-refractivity contribution in [1.82, 2.24) is 4.98 Å². The first-order valence-electron chi connectivity index (χ1n) is 11.5. The van der Waals surface area contributed by atoms with Gasteiger partial charge >= 0.3 is 5.97 Å². The quantitative estimate of drug-likeness (QED) is 0.324. The molecule has 0 aliphatic rings. The molecule has 2 N–H and O–H groups in total. The maximum Gasteiger partial charge on any atom is 0.310 e. The Kier molecular flexibility index (Phi) is 7.80. The number of hydrogen-bond acceptors (Lipinski definition) is 7. The van der Waals surface area contributed by atoms with Crippen LogP contribution >= 0.6 is 0 Å². The van der Waals surface area contributed by atoms with Gasteiger partial charge in [0, 0.05) is 30.8 Å². The fourth-order valence-electron chi connectivity index (χ4n) is 4.04. The highest BCUT2D eigenvalue weighted by molar-refractivity contribution is 5.95. The second-order valence-corrected chi connectivity index (χ2v) is 8.48. The number of methoxy groups -OCH3 is 1. The van der Waals surface area contributed by atoms with E-state index in [0.717, 1.165) is 44.7 Å². The molecule has 0 spiro atoms. The Hall–Kier alpha value is -3.68. The van der Waals surface area contributed by atoms with Crippen LogP contribution in [0.25, 0.3) is 22.1 Å². The molecule has 4 rings (SSSR count). The maximum atomic E-state index is 12.4. The van der Waals surface area contributed by atoms with Gasteiger partial charge in [0.05, 0.1) is 18.7 Å². The van der Waals surface area contributed by atoms with Crippen LogP contribution in [0.2, 0.25) is 0 Å². The van der Waals surface area contributed by atoms with Crippen molar-refractivity contribution in [3.63, 3.8) is 0 Å². The number of para-hydroxylation sites is 1. The molecule has 0 amide bonds. The van der Waals surface area contributed by atoms with E-state index in [2.05, 4.69) is 11.1 Å². The molecule has 1 unspecified atom stereocenters. The largest absolute Gasteiger partial charge is 0.489 e. The van der Waals surface area contributed by atoms with E-state index in [1.54, 1.807) is 20.2 Å². The molecule has 0 saturated heterocycles. The summed E-state index contributed by atoms with van der Waals surface area (Å²) in [5, 5.41) is 1.02. The van der Waals surface area contributed by atoms with Crippen LogP contribution in [0, 0.1) is 6.92 Å². The molecule has 2 aromatic heterocycles. The van der Waals surface area contributed by atoms with Crippen LogP contribution in [0.5, 0.6) is 5.75 Å². The number of furan rings is 1. The number of nitrogens with zero attached hydrogens (tertiary/aromatic N) is 1. The molecule has 0 bridgehead atoms. The summed E-state index contributed by atoms with van der Waals surface area (Å²) in [5.41, 5.74) is 11.2. The highest BCUT2D eigenvalue weighted by Gasteiger charge is 2.15. The summed E-state index contributed by atoms with van der Waals surface area (Å²) < 4.78 is 22.5. The van der Waals surface area contributed by atoms with Gasteiger partial charge in [-0.2, -0.15) is 0 Å². The molecule has 2 aromatic carbocycles. The molecule has 4 aromatic rings. The Balaban J connectivity index is 1.57. The molecule has 7 nitrogen and oxygen atoms in total. The number of benzene rings is 2. The predicted molar refractivity (Wildman–Crippen MR) is 134 cm³/mol. The van der Waals surface area contributed by atoms with Crippen LogP contribution in [0.3, 0.4) is 0 Å². The van der Waals surface area contributed by atoms with Gasteiger partial charge in [-0.3, -0.25) is 9.78 Å². The minimum Gasteiger partial charge on any atom is -0.489 e. The zero-order valence-electron chi connectivity index (χ0n) is 20.2. The van der Waals surface area contributed by atoms with E-state index in [0.29, 0.717) is 25.5 Å². The smallest absolute Gasteiger partial charge is 0.310 e. The number of hydrogen-bond donors (Lipinski definition) is 1. The van der Waals surface area contributed by atoms with Crippen LogP contribution in [0.1, 0.15) is 29.5 Å². The number of aromatic nitrogens is 1. The van der Waals surface area contributed by atoms with Crippen molar-refractivity contribution in [3.8, 4) is 16.9 Å². The number of rotatable bonds is 10. The topological polar surface area (TPSA) is 96.8 Å². The molecule has 0 aliphatic heterocycles. The fraction of sp³-hybridized carbons (Fsp3) is 0.286. The summed E-state index contributed by atoms with van der Waals surface area (Å²) in [6, 6.07) is 17.6. The molecule has 0 fully saturated rings. The normalized spacial score (nSPS) is 12.0. The summed E-state index contributed by atoms with van der Waals surface area (Å²) in [7, 11) is 1.58. The lowest BCUT2D eigenvalue weighted by Gasteiger charge is -2.15. The van der Waals surface area contributed by atoms with Crippen LogP contribution in [0.15, 0.2) is 65.2 Å². The van der Waals surface area contributed by atoms with E-state index >= 15 is 0 Å². The Morgan fingerprint density at radius 1 is 1.14 bits per heavy atom. The van der Waals surface area contributed by atoms with E-state index in [4.69, 9.17) is 24.4 Å². The Morgan fingerprint density at radius 2 is 1.97 bits per heavy atom. The highest BCUT2D eigenvalue weighted by atomic mass is 16.6. The van der Waals surface area contributed by atoms with Crippen LogP contribution in [-0.4, -0.2) is 30.8 Å². The van der Waals surface area contributed by atoms with E-state index in [1.807, 2.05) is 55.5 Å². The van der Waals surface area contributed by atoms with Crippen LogP contribution in [-0.2, 0) is 33.8 Å². The molecular formula is C28H30N2O5. The van der Waals surface area contributed by atoms with E-state index in [-0.39, 0.29) is 18.5 Å². The number of nitrogens with two attached hydrogens (primary N) is 1. The van der Waals surface area contributed by atoms with E-state index in [9.17, 15) is 4.79 Å². The van der Waals surface area contributed by atoms with E-state index in [1.165, 1.54) is 0 Å².